The summed E-state index contributed by atoms with van der Waals surface area (Å²) in [4.78, 5) is 15.8. The van der Waals surface area contributed by atoms with Gasteiger partial charge in [0, 0.05) is 24.9 Å². The Balaban J connectivity index is 1.90. The predicted octanol–water partition coefficient (Wildman–Crippen LogP) is 3.64. The largest absolute Gasteiger partial charge is 0.478 e. The van der Waals surface area contributed by atoms with E-state index in [9.17, 15) is 9.90 Å². The lowest BCUT2D eigenvalue weighted by atomic mass is 9.82. The molecule has 1 atom stereocenters. The van der Waals surface area contributed by atoms with E-state index in [0.29, 0.717) is 12.1 Å². The average molecular weight is 334 g/mol. The summed E-state index contributed by atoms with van der Waals surface area (Å²) in [7, 11) is 0. The van der Waals surface area contributed by atoms with Crippen LogP contribution in [-0.2, 0) is 4.79 Å². The van der Waals surface area contributed by atoms with Gasteiger partial charge in [-0.1, -0.05) is 48.6 Å². The topological polar surface area (TPSA) is 62.2 Å². The molecule has 0 fully saturated rings. The number of nitrogens with zero attached hydrogens (tertiary/aromatic N) is 1. The molecule has 4 nitrogen and oxygen atoms in total. The molecule has 0 amide bonds. The SMILES string of the molecule is O=C(O)C1=C(C(CC=Cc2cccnc2)c2ccccc2)CCNC1. The number of hydrogen-bond donors (Lipinski definition) is 2. The van der Waals surface area contributed by atoms with Crippen molar-refractivity contribution in [3.63, 3.8) is 0 Å². The molecule has 2 aromatic rings. The van der Waals surface area contributed by atoms with Gasteiger partial charge >= 0.3 is 5.97 Å². The maximum atomic E-state index is 11.7. The molecular formula is C21H22N2O2. The maximum Gasteiger partial charge on any atom is 0.332 e. The molecule has 1 aliphatic heterocycles. The van der Waals surface area contributed by atoms with Gasteiger partial charge in [-0.2, -0.15) is 0 Å². The number of hydrogen-bond acceptors (Lipinski definition) is 3. The molecule has 0 saturated carbocycles. The maximum absolute atomic E-state index is 11.7. The highest BCUT2D eigenvalue weighted by Crippen LogP contribution is 2.34. The summed E-state index contributed by atoms with van der Waals surface area (Å²) in [6.07, 6.45) is 9.27. The van der Waals surface area contributed by atoms with Crippen molar-refractivity contribution in [2.75, 3.05) is 13.1 Å². The number of carboxylic acid groups (broad SMARTS) is 1. The van der Waals surface area contributed by atoms with Crippen molar-refractivity contribution in [1.29, 1.82) is 0 Å². The molecule has 1 aromatic heterocycles. The van der Waals surface area contributed by atoms with E-state index in [2.05, 4.69) is 28.5 Å². The van der Waals surface area contributed by atoms with Gasteiger partial charge < -0.3 is 10.4 Å². The van der Waals surface area contributed by atoms with Crippen molar-refractivity contribution in [3.05, 3.63) is 83.2 Å². The number of aliphatic carboxylic acids is 1. The second-order valence-corrected chi connectivity index (χ2v) is 6.12. The van der Waals surface area contributed by atoms with Gasteiger partial charge in [0.2, 0.25) is 0 Å². The first-order valence-corrected chi connectivity index (χ1v) is 8.53. The third-order valence-electron chi connectivity index (χ3n) is 4.51. The Morgan fingerprint density at radius 3 is 2.80 bits per heavy atom. The molecule has 2 heterocycles. The number of pyridine rings is 1. The van der Waals surface area contributed by atoms with E-state index in [0.717, 1.165) is 36.1 Å². The normalized spacial score (nSPS) is 16.2. The Bertz CT molecular complexity index is 767. The highest BCUT2D eigenvalue weighted by Gasteiger charge is 2.25. The van der Waals surface area contributed by atoms with Crippen molar-refractivity contribution in [3.8, 4) is 0 Å². The zero-order chi connectivity index (χ0) is 17.5. The summed E-state index contributed by atoms with van der Waals surface area (Å²) in [6.45, 7) is 1.25. The van der Waals surface area contributed by atoms with Crippen LogP contribution in [-0.4, -0.2) is 29.1 Å². The highest BCUT2D eigenvalue weighted by molar-refractivity contribution is 5.88. The van der Waals surface area contributed by atoms with E-state index >= 15 is 0 Å². The molecule has 4 heteroatoms. The van der Waals surface area contributed by atoms with Gasteiger partial charge in [0.15, 0.2) is 0 Å². The molecule has 0 bridgehead atoms. The molecular weight excluding hydrogens is 312 g/mol. The summed E-state index contributed by atoms with van der Waals surface area (Å²) in [5, 5.41) is 12.8. The lowest BCUT2D eigenvalue weighted by Crippen LogP contribution is -2.30. The minimum Gasteiger partial charge on any atom is -0.478 e. The Morgan fingerprint density at radius 1 is 1.24 bits per heavy atom. The van der Waals surface area contributed by atoms with E-state index < -0.39 is 5.97 Å². The number of aromatic nitrogens is 1. The summed E-state index contributed by atoms with van der Waals surface area (Å²) in [5.41, 5.74) is 3.75. The molecule has 1 aliphatic rings. The Hall–Kier alpha value is -2.72. The first-order valence-electron chi connectivity index (χ1n) is 8.53. The third kappa shape index (κ3) is 4.43. The van der Waals surface area contributed by atoms with Gasteiger partial charge in [0.05, 0.1) is 5.57 Å². The molecule has 0 spiro atoms. The van der Waals surface area contributed by atoms with Crippen LogP contribution in [0.1, 0.15) is 29.9 Å². The van der Waals surface area contributed by atoms with Crippen LogP contribution in [0.2, 0.25) is 0 Å². The molecule has 128 valence electrons. The molecule has 3 rings (SSSR count). The third-order valence-corrected chi connectivity index (χ3v) is 4.51. The second-order valence-electron chi connectivity index (χ2n) is 6.12. The molecule has 0 aliphatic carbocycles. The van der Waals surface area contributed by atoms with Crippen molar-refractivity contribution >= 4 is 12.0 Å². The molecule has 0 saturated heterocycles. The van der Waals surface area contributed by atoms with Gasteiger partial charge in [0.1, 0.15) is 0 Å². The fourth-order valence-electron chi connectivity index (χ4n) is 3.28. The Morgan fingerprint density at radius 2 is 2.08 bits per heavy atom. The highest BCUT2D eigenvalue weighted by atomic mass is 16.4. The van der Waals surface area contributed by atoms with E-state index in [1.54, 1.807) is 6.20 Å². The number of allylic oxidation sites excluding steroid dienone is 1. The van der Waals surface area contributed by atoms with E-state index in [1.807, 2.05) is 42.6 Å². The lowest BCUT2D eigenvalue weighted by Gasteiger charge is -2.26. The van der Waals surface area contributed by atoms with E-state index in [-0.39, 0.29) is 5.92 Å². The average Bonchev–Trinajstić information content (AvgIpc) is 2.67. The molecule has 1 aromatic carbocycles. The Labute approximate surface area is 147 Å². The van der Waals surface area contributed by atoms with E-state index in [1.165, 1.54) is 0 Å². The lowest BCUT2D eigenvalue weighted by molar-refractivity contribution is -0.132. The van der Waals surface area contributed by atoms with E-state index in [4.69, 9.17) is 0 Å². The van der Waals surface area contributed by atoms with Crippen molar-refractivity contribution < 1.29 is 9.90 Å². The summed E-state index contributed by atoms with van der Waals surface area (Å²) < 4.78 is 0. The van der Waals surface area contributed by atoms with Crippen molar-refractivity contribution in [2.24, 2.45) is 0 Å². The Kier molecular flexibility index (Phi) is 5.75. The first-order chi connectivity index (χ1) is 12.3. The number of nitrogens with one attached hydrogen (secondary N) is 1. The fraction of sp³-hybridized carbons (Fsp3) is 0.238. The minimum absolute atomic E-state index is 0.0855. The molecule has 2 N–H and O–H groups in total. The van der Waals surface area contributed by atoms with Crippen LogP contribution in [0.15, 0.2) is 72.1 Å². The molecule has 0 radical (unpaired) electrons. The van der Waals surface area contributed by atoms with Gasteiger partial charge in [-0.05, 0) is 42.2 Å². The van der Waals surface area contributed by atoms with Crippen LogP contribution in [0.5, 0.6) is 0 Å². The predicted molar refractivity (Wildman–Crippen MR) is 99.2 cm³/mol. The number of carbonyl (C=O) groups is 1. The number of benzene rings is 1. The van der Waals surface area contributed by atoms with Gasteiger partial charge in [-0.25, -0.2) is 4.79 Å². The minimum atomic E-state index is -0.820. The van der Waals surface area contributed by atoms with Gasteiger partial charge in [-0.15, -0.1) is 0 Å². The molecule has 25 heavy (non-hydrogen) atoms. The zero-order valence-corrected chi connectivity index (χ0v) is 14.1. The standard InChI is InChI=1S/C21H22N2O2/c24-21(25)20-15-23-13-11-19(20)18(17-8-2-1-3-9-17)10-4-6-16-7-5-12-22-14-16/h1-9,12,14,18,23H,10-11,13,15H2,(H,24,25). The van der Waals surface area contributed by atoms with Crippen LogP contribution >= 0.6 is 0 Å². The fourth-order valence-corrected chi connectivity index (χ4v) is 3.28. The van der Waals surface area contributed by atoms with Crippen LogP contribution < -0.4 is 5.32 Å². The summed E-state index contributed by atoms with van der Waals surface area (Å²) >= 11 is 0. The summed E-state index contributed by atoms with van der Waals surface area (Å²) in [6, 6.07) is 14.1. The van der Waals surface area contributed by atoms with Crippen molar-refractivity contribution in [1.82, 2.24) is 10.3 Å². The van der Waals surface area contributed by atoms with Crippen LogP contribution in [0.4, 0.5) is 0 Å². The number of rotatable bonds is 6. The molecule has 1 unspecified atom stereocenters. The van der Waals surface area contributed by atoms with Gasteiger partial charge in [-0.3, -0.25) is 4.98 Å². The first kappa shape index (κ1) is 17.1. The van der Waals surface area contributed by atoms with Crippen molar-refractivity contribution in [2.45, 2.75) is 18.8 Å². The summed E-state index contributed by atoms with van der Waals surface area (Å²) in [5.74, 6) is -0.735. The number of carboxylic acids is 1. The van der Waals surface area contributed by atoms with Crippen LogP contribution in [0.25, 0.3) is 6.08 Å². The monoisotopic (exact) mass is 334 g/mol. The smallest absolute Gasteiger partial charge is 0.332 e. The van der Waals surface area contributed by atoms with Crippen LogP contribution in [0, 0.1) is 0 Å². The van der Waals surface area contributed by atoms with Gasteiger partial charge in [0.25, 0.3) is 0 Å². The zero-order valence-electron chi connectivity index (χ0n) is 14.1. The second kappa shape index (κ2) is 8.40. The van der Waals surface area contributed by atoms with Crippen LogP contribution in [0.3, 0.4) is 0 Å². The quantitative estimate of drug-likeness (QED) is 0.846.